The summed E-state index contributed by atoms with van der Waals surface area (Å²) in [6, 6.07) is 17.9. The molecule has 3 aromatic carbocycles. The summed E-state index contributed by atoms with van der Waals surface area (Å²) >= 11 is 11.8. The first-order chi connectivity index (χ1) is 21.3. The number of nitrogens with one attached hydrogen (secondary N) is 3. The monoisotopic (exact) mass is 644 g/mol. The summed E-state index contributed by atoms with van der Waals surface area (Å²) in [6.07, 6.45) is 1.77. The van der Waals surface area contributed by atoms with Crippen LogP contribution in [0.25, 0.3) is 22.2 Å². The minimum absolute atomic E-state index is 0.0735. The first-order valence-corrected chi connectivity index (χ1v) is 14.8. The van der Waals surface area contributed by atoms with E-state index in [1.807, 2.05) is 12.1 Å². The van der Waals surface area contributed by atoms with Gasteiger partial charge in [-0.15, -0.1) is 0 Å². The van der Waals surface area contributed by atoms with Gasteiger partial charge in [0, 0.05) is 53.9 Å². The van der Waals surface area contributed by atoms with Crippen LogP contribution >= 0.6 is 23.2 Å². The molecule has 2 saturated heterocycles. The van der Waals surface area contributed by atoms with Crippen LogP contribution in [0.1, 0.15) is 23.2 Å². The van der Waals surface area contributed by atoms with Crippen LogP contribution in [0.15, 0.2) is 69.5 Å². The van der Waals surface area contributed by atoms with Gasteiger partial charge in [0.1, 0.15) is 16.8 Å². The number of carbonyl (C=O) groups is 1. The molecule has 3 N–H and O–H groups in total. The van der Waals surface area contributed by atoms with Gasteiger partial charge in [-0.05, 0) is 55.8 Å². The highest BCUT2D eigenvalue weighted by molar-refractivity contribution is 6.31. The number of nitrogens with zero attached hydrogens (tertiary/aromatic N) is 3. The molecule has 5 aromatic rings. The second kappa shape index (κ2) is 13.2. The largest absolute Gasteiger partial charge is 0.434 e. The quantitative estimate of drug-likeness (QED) is 0.179. The number of oxazole rings is 2. The van der Waals surface area contributed by atoms with Crippen molar-refractivity contribution in [2.45, 2.75) is 31.5 Å². The zero-order chi connectivity index (χ0) is 30.6. The number of amides is 1. The number of halogens is 4. The average Bonchev–Trinajstić information content (AvgIpc) is 3.80. The highest BCUT2D eigenvalue weighted by atomic mass is 35.5. The lowest BCUT2D eigenvalue weighted by Crippen LogP contribution is -2.32. The van der Waals surface area contributed by atoms with E-state index < -0.39 is 6.61 Å². The zero-order valence-corrected chi connectivity index (χ0v) is 24.7. The summed E-state index contributed by atoms with van der Waals surface area (Å²) in [5.74, 6) is -0.486. The van der Waals surface area contributed by atoms with Crippen molar-refractivity contribution in [3.8, 4) is 5.75 Å². The predicted molar refractivity (Wildman–Crippen MR) is 164 cm³/mol. The fourth-order valence-corrected chi connectivity index (χ4v) is 5.45. The van der Waals surface area contributed by atoms with Gasteiger partial charge in [0.15, 0.2) is 11.2 Å². The molecule has 2 fully saturated rings. The van der Waals surface area contributed by atoms with Gasteiger partial charge in [-0.2, -0.15) is 18.7 Å². The number of aromatic nitrogens is 2. The second-order valence-corrected chi connectivity index (χ2v) is 11.2. The number of carbonyl (C=O) groups excluding carboxylic acids is 1. The number of para-hydroxylation sites is 1. The van der Waals surface area contributed by atoms with Gasteiger partial charge in [-0.1, -0.05) is 35.3 Å². The predicted octanol–water partition coefficient (Wildman–Crippen LogP) is 6.66. The molecule has 0 radical (unpaired) electrons. The van der Waals surface area contributed by atoms with Gasteiger partial charge in [-0.25, -0.2) is 0 Å². The van der Waals surface area contributed by atoms with Gasteiger partial charge >= 0.3 is 6.61 Å². The molecule has 44 heavy (non-hydrogen) atoms. The highest BCUT2D eigenvalue weighted by Gasteiger charge is 2.29. The van der Waals surface area contributed by atoms with Crippen LogP contribution in [0.4, 0.5) is 20.8 Å². The minimum atomic E-state index is -2.99. The van der Waals surface area contributed by atoms with Gasteiger partial charge in [0.05, 0.1) is 5.56 Å². The summed E-state index contributed by atoms with van der Waals surface area (Å²) in [5.41, 5.74) is 2.91. The zero-order valence-electron chi connectivity index (χ0n) is 23.2. The summed E-state index contributed by atoms with van der Waals surface area (Å²) in [4.78, 5) is 23.0. The Labute approximate surface area is 260 Å². The molecular weight excluding hydrogens is 617 g/mol. The summed E-state index contributed by atoms with van der Waals surface area (Å²) in [5, 5.41) is 10.9. The number of alkyl halides is 2. The number of fused-ring (bicyclic) bond motifs is 2. The van der Waals surface area contributed by atoms with E-state index in [0.29, 0.717) is 58.7 Å². The summed E-state index contributed by atoms with van der Waals surface area (Å²) < 4.78 is 40.8. The minimum Gasteiger partial charge on any atom is -0.434 e. The fraction of sp³-hybridized carbons (Fsp3) is 0.300. The lowest BCUT2D eigenvalue weighted by molar-refractivity contribution is -0.0502. The van der Waals surface area contributed by atoms with E-state index in [-0.39, 0.29) is 23.3 Å². The fourth-order valence-electron chi connectivity index (χ4n) is 5.12. The Hall–Kier alpha value is -4.13. The second-order valence-electron chi connectivity index (χ2n) is 10.4. The van der Waals surface area contributed by atoms with Crippen molar-refractivity contribution < 1.29 is 27.1 Å². The smallest absolute Gasteiger partial charge is 0.387 e. The van der Waals surface area contributed by atoms with Gasteiger partial charge in [-0.3, -0.25) is 4.79 Å². The molecule has 2 atom stereocenters. The number of hydrogen-bond acceptors (Lipinski definition) is 9. The van der Waals surface area contributed by atoms with E-state index in [2.05, 4.69) is 30.7 Å². The van der Waals surface area contributed by atoms with Crippen LogP contribution < -0.4 is 20.7 Å². The topological polar surface area (TPSA) is 118 Å². The molecule has 2 aromatic heterocycles. The Balaban J connectivity index is 0.000000181. The van der Waals surface area contributed by atoms with Crippen LogP contribution in [0, 0.1) is 0 Å². The van der Waals surface area contributed by atoms with Crippen LogP contribution in [0.5, 0.6) is 5.75 Å². The molecule has 0 bridgehead atoms. The molecule has 2 aliphatic heterocycles. The van der Waals surface area contributed by atoms with Crippen molar-refractivity contribution in [1.82, 2.24) is 20.2 Å². The van der Waals surface area contributed by atoms with Crippen molar-refractivity contribution in [3.05, 3.63) is 76.3 Å². The molecule has 0 spiro atoms. The molecule has 4 heterocycles. The summed E-state index contributed by atoms with van der Waals surface area (Å²) in [7, 11) is 0. The Kier molecular flexibility index (Phi) is 9.01. The van der Waals surface area contributed by atoms with Crippen LogP contribution in [0.2, 0.25) is 10.0 Å². The average molecular weight is 645 g/mol. The maximum Gasteiger partial charge on any atom is 0.387 e. The third-order valence-electron chi connectivity index (χ3n) is 7.23. The molecule has 7 rings (SSSR count). The molecule has 2 aliphatic rings. The van der Waals surface area contributed by atoms with E-state index in [1.54, 1.807) is 41.3 Å². The molecular formula is C30H28Cl2F2N6O4. The molecule has 1 amide bonds. The standard InChI is InChI=1S/C19H16ClF2N3O3.C11H12ClN3O/c20-11-5-6-14-16(9-11)28-19(24-14)23-12-7-8-25(10-12)17(26)13-3-1-2-4-15(13)27-18(21)22;12-7-1-2-9-10(5-7)16-11(15-9)14-8-3-4-13-6-8/h1-6,9,12,18H,7-8,10H2,(H,23,24);1-2,5,8,13H,3-4,6H2,(H,14,15)/t12-;8-/m11/s1. The lowest BCUT2D eigenvalue weighted by atomic mass is 10.2. The lowest BCUT2D eigenvalue weighted by Gasteiger charge is -2.18. The van der Waals surface area contributed by atoms with Crippen molar-refractivity contribution in [2.75, 3.05) is 36.8 Å². The first kappa shape index (κ1) is 29.9. The number of benzene rings is 3. The third-order valence-corrected chi connectivity index (χ3v) is 7.70. The molecule has 14 heteroatoms. The van der Waals surface area contributed by atoms with E-state index in [9.17, 15) is 13.6 Å². The van der Waals surface area contributed by atoms with Gasteiger partial charge < -0.3 is 34.4 Å². The van der Waals surface area contributed by atoms with Crippen molar-refractivity contribution in [2.24, 2.45) is 0 Å². The van der Waals surface area contributed by atoms with Gasteiger partial charge in [0.25, 0.3) is 17.9 Å². The van der Waals surface area contributed by atoms with E-state index in [1.165, 1.54) is 12.1 Å². The van der Waals surface area contributed by atoms with Crippen LogP contribution in [-0.4, -0.2) is 65.6 Å². The third kappa shape index (κ3) is 7.15. The number of ether oxygens (including phenoxy) is 1. The maximum atomic E-state index is 12.7. The molecule has 0 unspecified atom stereocenters. The van der Waals surface area contributed by atoms with E-state index in [4.69, 9.17) is 32.0 Å². The number of likely N-dealkylation sites (tertiary alicyclic amines) is 1. The molecule has 0 aliphatic carbocycles. The van der Waals surface area contributed by atoms with Crippen LogP contribution in [0.3, 0.4) is 0 Å². The van der Waals surface area contributed by atoms with Crippen molar-refractivity contribution in [3.63, 3.8) is 0 Å². The number of anilines is 2. The van der Waals surface area contributed by atoms with E-state index >= 15 is 0 Å². The Morgan fingerprint density at radius 3 is 2.18 bits per heavy atom. The molecule has 0 saturated carbocycles. The number of hydrogen-bond donors (Lipinski definition) is 3. The highest BCUT2D eigenvalue weighted by Crippen LogP contribution is 2.27. The Morgan fingerprint density at radius 1 is 0.932 bits per heavy atom. The summed E-state index contributed by atoms with van der Waals surface area (Å²) in [6.45, 7) is -0.120. The normalized spacial score (nSPS) is 18.1. The Morgan fingerprint density at radius 2 is 1.57 bits per heavy atom. The SMILES string of the molecule is Clc1ccc2nc(N[C@@H]3CCNC3)oc2c1.O=C(c1ccccc1OC(F)F)N1CC[C@@H](Nc2nc3ccc(Cl)cc3o2)C1. The van der Waals surface area contributed by atoms with Crippen molar-refractivity contribution >= 4 is 63.3 Å². The molecule has 10 nitrogen and oxygen atoms in total. The Bertz CT molecular complexity index is 1760. The number of rotatable bonds is 7. The van der Waals surface area contributed by atoms with E-state index in [0.717, 1.165) is 30.6 Å². The first-order valence-electron chi connectivity index (χ1n) is 14.0. The van der Waals surface area contributed by atoms with Crippen LogP contribution in [-0.2, 0) is 0 Å². The molecule has 230 valence electrons. The maximum absolute atomic E-state index is 12.7. The van der Waals surface area contributed by atoms with Gasteiger partial charge in [0.2, 0.25) is 0 Å². The van der Waals surface area contributed by atoms with Crippen molar-refractivity contribution in [1.29, 1.82) is 0 Å².